The van der Waals surface area contributed by atoms with Crippen molar-refractivity contribution in [2.75, 3.05) is 9.80 Å². The molecule has 0 saturated carbocycles. The number of hydrogen-bond acceptors (Lipinski definition) is 4. The Morgan fingerprint density at radius 2 is 0.763 bits per heavy atom. The largest absolute Gasteiger partial charge is 0.308 e. The molecule has 0 radical (unpaired) electrons. The Hall–Kier alpha value is -6.72. The molecule has 2 aliphatic heterocycles. The van der Waals surface area contributed by atoms with Crippen molar-refractivity contribution in [3.63, 3.8) is 0 Å². The van der Waals surface area contributed by atoms with Gasteiger partial charge in [-0.25, -0.2) is 0 Å². The number of aryl methyl sites for hydroxylation is 1. The van der Waals surface area contributed by atoms with Gasteiger partial charge >= 0.3 is 0 Å². The Labute approximate surface area is 352 Å². The third-order valence-corrected chi connectivity index (χ3v) is 14.1. The van der Waals surface area contributed by atoms with E-state index < -0.39 is 0 Å². The Balaban J connectivity index is 1.19. The molecule has 0 fully saturated rings. The van der Waals surface area contributed by atoms with Gasteiger partial charge in [-0.1, -0.05) is 150 Å². The van der Waals surface area contributed by atoms with Crippen LogP contribution < -0.4 is 9.80 Å². The molecule has 0 aromatic heterocycles. The van der Waals surface area contributed by atoms with E-state index in [4.69, 9.17) is 0 Å². The van der Waals surface area contributed by atoms with Crippen LogP contribution in [-0.4, -0.2) is 0 Å². The predicted octanol–water partition coefficient (Wildman–Crippen LogP) is 16.7. The van der Waals surface area contributed by atoms with Crippen molar-refractivity contribution in [1.82, 2.24) is 0 Å². The summed E-state index contributed by atoms with van der Waals surface area (Å²) in [6.45, 7) is 2.20. The zero-order valence-corrected chi connectivity index (χ0v) is 33.9. The predicted molar refractivity (Wildman–Crippen MR) is 252 cm³/mol. The fourth-order valence-electron chi connectivity index (χ4n) is 9.22. The SMILES string of the molecule is Cc1cccc(-c2c3ccc(N4c5ccccc5Sc5ccccc54)cc3c(-c3ccc4ccccc4c3)c3ccc(N4c5ccccc5Sc5ccccc54)cc23)c1. The van der Waals surface area contributed by atoms with Crippen LogP contribution in [0.15, 0.2) is 220 Å². The van der Waals surface area contributed by atoms with Gasteiger partial charge < -0.3 is 9.80 Å². The van der Waals surface area contributed by atoms with Crippen LogP contribution in [0.25, 0.3) is 54.6 Å². The fourth-order valence-corrected chi connectivity index (χ4v) is 11.3. The van der Waals surface area contributed by atoms with Crippen molar-refractivity contribution in [1.29, 1.82) is 0 Å². The Bertz CT molecular complexity index is 3240. The minimum Gasteiger partial charge on any atom is -0.308 e. The molecule has 0 spiro atoms. The topological polar surface area (TPSA) is 6.48 Å². The first kappa shape index (κ1) is 34.3. The number of benzene rings is 10. The summed E-state index contributed by atoms with van der Waals surface area (Å²) < 4.78 is 0. The van der Waals surface area contributed by atoms with Gasteiger partial charge in [0.05, 0.1) is 22.7 Å². The Morgan fingerprint density at radius 1 is 0.322 bits per heavy atom. The summed E-state index contributed by atoms with van der Waals surface area (Å²) in [5, 5.41) is 7.39. The standard InChI is InChI=1S/C55H36N2S2/c1-35-13-12-16-38(31-35)54-42-29-27-41(57-48-19-6-10-23-52(48)59-53-24-11-7-20-49(53)57)34-45(42)55(39-26-25-36-14-2-3-15-37(36)32-39)43-30-28-40(33-44(43)54)56-46-17-4-8-21-50(46)58-51-22-9-5-18-47(51)56/h2-34H,1H3. The summed E-state index contributed by atoms with van der Waals surface area (Å²) in [7, 11) is 0. The average molecular weight is 789 g/mol. The summed E-state index contributed by atoms with van der Waals surface area (Å²) in [4.78, 5) is 9.93. The number of anilines is 6. The lowest BCUT2D eigenvalue weighted by Crippen LogP contribution is -2.15. The highest BCUT2D eigenvalue weighted by Gasteiger charge is 2.28. The molecule has 0 aliphatic carbocycles. The molecular weight excluding hydrogens is 753 g/mol. The molecule has 2 aliphatic rings. The van der Waals surface area contributed by atoms with E-state index in [0.29, 0.717) is 0 Å². The Morgan fingerprint density at radius 3 is 1.25 bits per heavy atom. The zero-order valence-electron chi connectivity index (χ0n) is 32.3. The van der Waals surface area contributed by atoms with Gasteiger partial charge in [-0.3, -0.25) is 0 Å². The number of para-hydroxylation sites is 4. The van der Waals surface area contributed by atoms with Crippen molar-refractivity contribution in [3.05, 3.63) is 206 Å². The van der Waals surface area contributed by atoms with Crippen LogP contribution in [0.2, 0.25) is 0 Å². The van der Waals surface area contributed by atoms with E-state index in [-0.39, 0.29) is 0 Å². The first-order valence-corrected chi connectivity index (χ1v) is 21.7. The highest BCUT2D eigenvalue weighted by atomic mass is 32.2. The van der Waals surface area contributed by atoms with Crippen molar-refractivity contribution in [2.45, 2.75) is 26.5 Å². The molecule has 59 heavy (non-hydrogen) atoms. The lowest BCUT2D eigenvalue weighted by molar-refractivity contribution is 1.17. The van der Waals surface area contributed by atoms with Crippen LogP contribution >= 0.6 is 23.5 Å². The van der Waals surface area contributed by atoms with E-state index in [1.54, 1.807) is 0 Å². The van der Waals surface area contributed by atoms with Gasteiger partial charge in [-0.05, 0) is 140 Å². The third-order valence-electron chi connectivity index (χ3n) is 11.8. The molecule has 2 heterocycles. The molecule has 278 valence electrons. The van der Waals surface area contributed by atoms with Crippen molar-refractivity contribution < 1.29 is 0 Å². The molecule has 10 aromatic rings. The molecule has 0 amide bonds. The van der Waals surface area contributed by atoms with Crippen molar-refractivity contribution in [3.8, 4) is 22.3 Å². The molecule has 0 unspecified atom stereocenters. The highest BCUT2D eigenvalue weighted by Crippen LogP contribution is 2.55. The van der Waals surface area contributed by atoms with Crippen LogP contribution in [0.3, 0.4) is 0 Å². The summed E-state index contributed by atoms with van der Waals surface area (Å²) in [5.74, 6) is 0. The minimum absolute atomic E-state index is 1.14. The lowest BCUT2D eigenvalue weighted by Gasteiger charge is -2.34. The maximum absolute atomic E-state index is 2.45. The van der Waals surface area contributed by atoms with E-state index in [1.807, 2.05) is 23.5 Å². The van der Waals surface area contributed by atoms with E-state index in [0.717, 1.165) is 11.4 Å². The third kappa shape index (κ3) is 5.59. The lowest BCUT2D eigenvalue weighted by atomic mass is 9.84. The summed E-state index contributed by atoms with van der Waals surface area (Å²) in [6, 6.07) is 74.2. The summed E-state index contributed by atoms with van der Waals surface area (Å²) >= 11 is 3.69. The number of nitrogens with zero attached hydrogens (tertiary/aromatic N) is 2. The summed E-state index contributed by atoms with van der Waals surface area (Å²) in [6.07, 6.45) is 0. The smallest absolute Gasteiger partial charge is 0.0601 e. The van der Waals surface area contributed by atoms with Gasteiger partial charge in [-0.2, -0.15) is 0 Å². The van der Waals surface area contributed by atoms with E-state index in [9.17, 15) is 0 Å². The molecule has 4 heteroatoms. The molecule has 0 saturated heterocycles. The monoisotopic (exact) mass is 788 g/mol. The molecule has 0 bridgehead atoms. The average Bonchev–Trinajstić information content (AvgIpc) is 3.28. The van der Waals surface area contributed by atoms with Crippen LogP contribution in [0, 0.1) is 6.92 Å². The second kappa shape index (κ2) is 13.7. The van der Waals surface area contributed by atoms with E-state index >= 15 is 0 Å². The maximum atomic E-state index is 2.45. The van der Waals surface area contributed by atoms with Gasteiger partial charge in [-0.15, -0.1) is 0 Å². The van der Waals surface area contributed by atoms with Crippen molar-refractivity contribution >= 4 is 90.0 Å². The maximum Gasteiger partial charge on any atom is 0.0601 e. The van der Waals surface area contributed by atoms with E-state index in [1.165, 1.54) is 102 Å². The second-order valence-corrected chi connectivity index (χ2v) is 17.6. The molecule has 0 atom stereocenters. The zero-order chi connectivity index (χ0) is 39.0. The van der Waals surface area contributed by atoms with Gasteiger partial charge in [0.25, 0.3) is 0 Å². The number of fused-ring (bicyclic) bond motifs is 7. The van der Waals surface area contributed by atoms with Crippen LogP contribution in [0.1, 0.15) is 5.56 Å². The normalized spacial score (nSPS) is 13.0. The quantitative estimate of drug-likeness (QED) is 0.164. The fraction of sp³-hybridized carbons (Fsp3) is 0.0182. The van der Waals surface area contributed by atoms with Gasteiger partial charge in [0.1, 0.15) is 0 Å². The first-order valence-electron chi connectivity index (χ1n) is 20.1. The second-order valence-electron chi connectivity index (χ2n) is 15.4. The number of rotatable bonds is 4. The number of hydrogen-bond donors (Lipinski definition) is 0. The minimum atomic E-state index is 1.14. The molecular formula is C55H36N2S2. The molecule has 2 nitrogen and oxygen atoms in total. The first-order chi connectivity index (χ1) is 29.2. The molecule has 12 rings (SSSR count). The van der Waals surface area contributed by atoms with Gasteiger partial charge in [0, 0.05) is 31.0 Å². The summed E-state index contributed by atoms with van der Waals surface area (Å²) in [5.41, 5.74) is 13.3. The molecule has 0 N–H and O–H groups in total. The Kier molecular flexibility index (Phi) is 7.97. The van der Waals surface area contributed by atoms with Crippen molar-refractivity contribution in [2.24, 2.45) is 0 Å². The van der Waals surface area contributed by atoms with E-state index in [2.05, 4.69) is 217 Å². The van der Waals surface area contributed by atoms with Gasteiger partial charge in [0.15, 0.2) is 0 Å². The van der Waals surface area contributed by atoms with Gasteiger partial charge in [0.2, 0.25) is 0 Å². The molecule has 10 aromatic carbocycles. The highest BCUT2D eigenvalue weighted by molar-refractivity contribution is 8.00. The van der Waals surface area contributed by atoms with Crippen LogP contribution in [0.4, 0.5) is 34.1 Å². The van der Waals surface area contributed by atoms with Crippen LogP contribution in [-0.2, 0) is 0 Å². The van der Waals surface area contributed by atoms with Crippen LogP contribution in [0.5, 0.6) is 0 Å².